The van der Waals surface area contributed by atoms with Crippen molar-refractivity contribution in [2.45, 2.75) is 33.1 Å². The number of nitrogens with one attached hydrogen (secondary N) is 2. The van der Waals surface area contributed by atoms with Crippen molar-refractivity contribution in [2.24, 2.45) is 11.8 Å². The molecule has 0 unspecified atom stereocenters. The first-order valence-corrected chi connectivity index (χ1v) is 11.6. The lowest BCUT2D eigenvalue weighted by atomic mass is 9.88. The van der Waals surface area contributed by atoms with Crippen molar-refractivity contribution in [1.82, 2.24) is 15.3 Å². The second kappa shape index (κ2) is 10.3. The molecule has 0 fully saturated rings. The van der Waals surface area contributed by atoms with Gasteiger partial charge in [0, 0.05) is 47.5 Å². The zero-order valence-corrected chi connectivity index (χ0v) is 19.9. The topological polar surface area (TPSA) is 113 Å². The molecule has 2 heterocycles. The summed E-state index contributed by atoms with van der Waals surface area (Å²) in [6, 6.07) is 8.45. The van der Waals surface area contributed by atoms with E-state index in [1.54, 1.807) is 24.3 Å². The van der Waals surface area contributed by atoms with E-state index < -0.39 is 5.92 Å². The Hall–Kier alpha value is -3.39. The summed E-state index contributed by atoms with van der Waals surface area (Å²) in [5, 5.41) is 17.7. The minimum absolute atomic E-state index is 0.0119. The third-order valence-electron chi connectivity index (χ3n) is 5.90. The second-order valence-corrected chi connectivity index (χ2v) is 9.19. The van der Waals surface area contributed by atoms with Crippen molar-refractivity contribution in [3.8, 4) is 11.5 Å². The molecule has 1 aliphatic rings. The van der Waals surface area contributed by atoms with E-state index in [2.05, 4.69) is 20.6 Å². The number of phenols is 1. The van der Waals surface area contributed by atoms with Crippen LogP contribution in [0.1, 0.15) is 32.3 Å². The smallest absolute Gasteiger partial charge is 0.223 e. The molecule has 1 amide bonds. The number of ether oxygens (including phenoxy) is 1. The van der Waals surface area contributed by atoms with Gasteiger partial charge in [-0.3, -0.25) is 9.59 Å². The Morgan fingerprint density at radius 2 is 2.00 bits per heavy atom. The highest BCUT2D eigenvalue weighted by molar-refractivity contribution is 6.31. The molecule has 34 heavy (non-hydrogen) atoms. The van der Waals surface area contributed by atoms with Crippen LogP contribution in [-0.2, 0) is 16.0 Å². The van der Waals surface area contributed by atoms with Crippen LogP contribution in [0, 0.1) is 11.8 Å². The van der Waals surface area contributed by atoms with Crippen molar-refractivity contribution in [2.75, 3.05) is 18.5 Å². The van der Waals surface area contributed by atoms with Crippen molar-refractivity contribution < 1.29 is 19.4 Å². The van der Waals surface area contributed by atoms with Gasteiger partial charge in [-0.15, -0.1) is 0 Å². The molecule has 3 N–H and O–H groups in total. The minimum atomic E-state index is -0.423. The zero-order valence-electron chi connectivity index (χ0n) is 19.1. The van der Waals surface area contributed by atoms with Gasteiger partial charge in [0.05, 0.1) is 12.1 Å². The van der Waals surface area contributed by atoms with Gasteiger partial charge in [-0.25, -0.2) is 9.97 Å². The van der Waals surface area contributed by atoms with Gasteiger partial charge in [0.2, 0.25) is 5.91 Å². The zero-order chi connectivity index (χ0) is 24.2. The Morgan fingerprint density at radius 1 is 1.18 bits per heavy atom. The number of nitrogens with zero attached hydrogens (tertiary/aromatic N) is 2. The Bertz CT molecular complexity index is 1230. The molecule has 0 spiro atoms. The number of ketones is 1. The molecule has 0 saturated carbocycles. The number of benzene rings is 2. The van der Waals surface area contributed by atoms with Gasteiger partial charge >= 0.3 is 0 Å². The highest BCUT2D eigenvalue weighted by Crippen LogP contribution is 2.35. The van der Waals surface area contributed by atoms with E-state index in [4.69, 9.17) is 16.3 Å². The SMILES string of the molecule is CC(C)[C@H]1CC(=O)Cc2ccc(Cl)cc2Nc2ncnc3cc(O)c(cc23)OCCCNC1=O. The number of hydrogen-bond acceptors (Lipinski definition) is 7. The largest absolute Gasteiger partial charge is 0.504 e. The second-order valence-electron chi connectivity index (χ2n) is 8.75. The molecule has 0 saturated heterocycles. The number of hydrogen-bond donors (Lipinski definition) is 3. The lowest BCUT2D eigenvalue weighted by molar-refractivity contribution is -0.130. The number of carbonyl (C=O) groups is 2. The van der Waals surface area contributed by atoms with Crippen molar-refractivity contribution >= 4 is 45.7 Å². The molecular weight excluding hydrogens is 456 g/mol. The van der Waals surface area contributed by atoms with E-state index in [1.807, 2.05) is 13.8 Å². The van der Waals surface area contributed by atoms with Crippen LogP contribution in [0.4, 0.5) is 11.5 Å². The summed E-state index contributed by atoms with van der Waals surface area (Å²) in [5.74, 6) is 0.162. The highest BCUT2D eigenvalue weighted by Gasteiger charge is 2.25. The van der Waals surface area contributed by atoms with Crippen LogP contribution in [0.3, 0.4) is 0 Å². The number of halogens is 1. The minimum Gasteiger partial charge on any atom is -0.504 e. The summed E-state index contributed by atoms with van der Waals surface area (Å²) in [5.41, 5.74) is 1.90. The monoisotopic (exact) mass is 482 g/mol. The van der Waals surface area contributed by atoms with Crippen LogP contribution in [0.25, 0.3) is 10.9 Å². The highest BCUT2D eigenvalue weighted by atomic mass is 35.5. The van der Waals surface area contributed by atoms with Crippen LogP contribution in [-0.4, -0.2) is 39.9 Å². The van der Waals surface area contributed by atoms with Gasteiger partial charge in [0.25, 0.3) is 0 Å². The molecule has 1 aliphatic heterocycles. The van der Waals surface area contributed by atoms with Crippen LogP contribution in [0.2, 0.25) is 5.02 Å². The quantitative estimate of drug-likeness (QED) is 0.471. The molecule has 1 atom stereocenters. The lowest BCUT2D eigenvalue weighted by Gasteiger charge is -2.20. The first-order valence-electron chi connectivity index (χ1n) is 11.3. The fraction of sp³-hybridized carbons (Fsp3) is 0.360. The van der Waals surface area contributed by atoms with E-state index in [9.17, 15) is 14.7 Å². The average molecular weight is 483 g/mol. The number of Topliss-reactive ketones (excluding diaryl/α,β-unsaturated/α-hetero) is 1. The van der Waals surface area contributed by atoms with Crippen LogP contribution < -0.4 is 15.4 Å². The number of phenolic OH excluding ortho intramolecular Hbond substituents is 1. The molecule has 178 valence electrons. The van der Waals surface area contributed by atoms with Gasteiger partial charge < -0.3 is 20.5 Å². The first kappa shape index (κ1) is 23.8. The van der Waals surface area contributed by atoms with Gasteiger partial charge in [0.15, 0.2) is 11.5 Å². The predicted octanol–water partition coefficient (Wildman–Crippen LogP) is 4.41. The van der Waals surface area contributed by atoms with E-state index in [0.717, 1.165) is 5.56 Å². The molecule has 8 nitrogen and oxygen atoms in total. The molecule has 2 bridgehead atoms. The van der Waals surface area contributed by atoms with E-state index in [1.165, 1.54) is 12.4 Å². The van der Waals surface area contributed by atoms with Gasteiger partial charge in [-0.1, -0.05) is 31.5 Å². The molecule has 9 heteroatoms. The van der Waals surface area contributed by atoms with Gasteiger partial charge in [-0.05, 0) is 36.1 Å². The number of aromatic nitrogens is 2. The molecule has 1 aromatic heterocycles. The normalized spacial score (nSPS) is 17.6. The van der Waals surface area contributed by atoms with Crippen LogP contribution in [0.5, 0.6) is 11.5 Å². The molecule has 3 aromatic rings. The van der Waals surface area contributed by atoms with Crippen molar-refractivity contribution in [3.05, 3.63) is 47.2 Å². The summed E-state index contributed by atoms with van der Waals surface area (Å²) in [7, 11) is 0. The third-order valence-corrected chi connectivity index (χ3v) is 6.13. The Kier molecular flexibility index (Phi) is 7.17. The van der Waals surface area contributed by atoms with E-state index >= 15 is 0 Å². The molecule has 2 aromatic carbocycles. The summed E-state index contributed by atoms with van der Waals surface area (Å²) < 4.78 is 5.78. The average Bonchev–Trinajstić information content (AvgIpc) is 2.79. The van der Waals surface area contributed by atoms with Crippen LogP contribution in [0.15, 0.2) is 36.7 Å². The number of fused-ring (bicyclic) bond motifs is 2. The summed E-state index contributed by atoms with van der Waals surface area (Å²) in [6.45, 7) is 4.57. The number of anilines is 2. The van der Waals surface area contributed by atoms with Gasteiger partial charge in [0.1, 0.15) is 17.9 Å². The third kappa shape index (κ3) is 5.39. The van der Waals surface area contributed by atoms with Crippen LogP contribution >= 0.6 is 11.6 Å². The number of rotatable bonds is 1. The number of aromatic hydroxyl groups is 1. The fourth-order valence-corrected chi connectivity index (χ4v) is 4.16. The Labute approximate surface area is 202 Å². The number of carbonyl (C=O) groups excluding carboxylic acids is 2. The maximum absolute atomic E-state index is 13.0. The summed E-state index contributed by atoms with van der Waals surface area (Å²) >= 11 is 6.25. The summed E-state index contributed by atoms with van der Waals surface area (Å²) in [6.07, 6.45) is 2.23. The van der Waals surface area contributed by atoms with E-state index in [-0.39, 0.29) is 36.2 Å². The number of amides is 1. The molecule has 4 rings (SSSR count). The fourth-order valence-electron chi connectivity index (χ4n) is 3.99. The lowest BCUT2D eigenvalue weighted by Crippen LogP contribution is -2.36. The van der Waals surface area contributed by atoms with Gasteiger partial charge in [-0.2, -0.15) is 0 Å². The first-order chi connectivity index (χ1) is 16.3. The maximum Gasteiger partial charge on any atom is 0.223 e. The predicted molar refractivity (Wildman–Crippen MR) is 131 cm³/mol. The Balaban J connectivity index is 1.76. The summed E-state index contributed by atoms with van der Waals surface area (Å²) in [4.78, 5) is 34.4. The molecular formula is C25H27ClN4O4. The van der Waals surface area contributed by atoms with E-state index in [0.29, 0.717) is 52.8 Å². The molecule has 0 radical (unpaired) electrons. The van der Waals surface area contributed by atoms with Crippen molar-refractivity contribution in [3.63, 3.8) is 0 Å². The maximum atomic E-state index is 13.0. The standard InChI is InChI=1S/C25H27ClN4O4/c1-14(2)18-10-17(31)8-15-4-5-16(26)9-20(15)30-24-19-11-23(34-7-3-6-27-25(18)33)22(32)12-21(19)28-13-29-24/h4-5,9,11-14,18,32H,3,6-8,10H2,1-2H3,(H,27,33)(H,28,29,30)/t18-/m1/s1. The van der Waals surface area contributed by atoms with Crippen molar-refractivity contribution in [1.29, 1.82) is 0 Å². The molecule has 0 aliphatic carbocycles. The Morgan fingerprint density at radius 3 is 2.79 bits per heavy atom.